The molecule has 1 atom stereocenters. The molecule has 1 heterocycles. The second-order valence-corrected chi connectivity index (χ2v) is 6.66. The Morgan fingerprint density at radius 3 is 2.80 bits per heavy atom. The minimum absolute atomic E-state index is 0.0644. The number of thioether (sulfide) groups is 1. The molecule has 1 aliphatic heterocycles. The van der Waals surface area contributed by atoms with E-state index in [4.69, 9.17) is 0 Å². The van der Waals surface area contributed by atoms with Crippen LogP contribution in [0.3, 0.4) is 0 Å². The van der Waals surface area contributed by atoms with E-state index in [1.54, 1.807) is 0 Å². The van der Waals surface area contributed by atoms with Gasteiger partial charge in [0.25, 0.3) is 0 Å². The molecule has 3 nitrogen and oxygen atoms in total. The van der Waals surface area contributed by atoms with Gasteiger partial charge < -0.3 is 10.4 Å². The van der Waals surface area contributed by atoms with E-state index in [1.165, 1.54) is 11.5 Å². The lowest BCUT2D eigenvalue weighted by Crippen LogP contribution is -2.30. The highest BCUT2D eigenvalue weighted by atomic mass is 32.2. The number of carbonyl (C=O) groups excluding carboxylic acids is 1. The van der Waals surface area contributed by atoms with Crippen molar-refractivity contribution in [2.24, 2.45) is 5.92 Å². The molecule has 1 aromatic rings. The Balaban J connectivity index is 1.76. The van der Waals surface area contributed by atoms with Crippen LogP contribution in [0.25, 0.3) is 0 Å². The molecule has 1 aliphatic rings. The van der Waals surface area contributed by atoms with Gasteiger partial charge in [-0.25, -0.2) is 0 Å². The first-order valence-electron chi connectivity index (χ1n) is 7.25. The fourth-order valence-electron chi connectivity index (χ4n) is 2.57. The zero-order chi connectivity index (χ0) is 14.4. The third kappa shape index (κ3) is 4.53. The first-order chi connectivity index (χ1) is 9.66. The molecule has 110 valence electrons. The van der Waals surface area contributed by atoms with Gasteiger partial charge in [0.2, 0.25) is 5.91 Å². The van der Waals surface area contributed by atoms with Crippen LogP contribution >= 0.6 is 11.8 Å². The van der Waals surface area contributed by atoms with Crippen LogP contribution in [0.2, 0.25) is 0 Å². The lowest BCUT2D eigenvalue weighted by atomic mass is 9.98. The van der Waals surface area contributed by atoms with Gasteiger partial charge in [0.1, 0.15) is 0 Å². The fourth-order valence-corrected chi connectivity index (χ4v) is 3.77. The Kier molecular flexibility index (Phi) is 5.92. The van der Waals surface area contributed by atoms with E-state index in [1.807, 2.05) is 43.0 Å². The van der Waals surface area contributed by atoms with Crippen molar-refractivity contribution in [3.8, 4) is 0 Å². The third-order valence-electron chi connectivity index (χ3n) is 3.85. The molecule has 1 fully saturated rings. The summed E-state index contributed by atoms with van der Waals surface area (Å²) in [5.74, 6) is 2.93. The maximum Gasteiger partial charge on any atom is 0.220 e. The summed E-state index contributed by atoms with van der Waals surface area (Å²) in [4.78, 5) is 11.9. The molecule has 2 N–H and O–H groups in total. The molecular weight excluding hydrogens is 270 g/mol. The lowest BCUT2D eigenvalue weighted by Gasteiger charge is -2.21. The van der Waals surface area contributed by atoms with E-state index in [2.05, 4.69) is 5.32 Å². The number of hydrogen-bond acceptors (Lipinski definition) is 3. The number of aryl methyl sites for hydroxylation is 1. The molecule has 0 bridgehead atoms. The van der Waals surface area contributed by atoms with Crippen molar-refractivity contribution in [2.45, 2.75) is 32.3 Å². The summed E-state index contributed by atoms with van der Waals surface area (Å²) < 4.78 is 0. The molecule has 0 spiro atoms. The highest BCUT2D eigenvalue weighted by molar-refractivity contribution is 7.99. The molecule has 1 saturated heterocycles. The number of benzene rings is 1. The molecule has 1 unspecified atom stereocenters. The number of aliphatic hydroxyl groups excluding tert-OH is 1. The largest absolute Gasteiger partial charge is 0.387 e. The van der Waals surface area contributed by atoms with Gasteiger partial charge in [0.15, 0.2) is 0 Å². The van der Waals surface area contributed by atoms with Crippen LogP contribution < -0.4 is 5.32 Å². The average Bonchev–Trinajstić information content (AvgIpc) is 2.46. The molecule has 0 radical (unpaired) electrons. The predicted octanol–water partition coefficient (Wildman–Crippen LogP) is 2.68. The van der Waals surface area contributed by atoms with E-state index in [0.717, 1.165) is 24.0 Å². The number of nitrogens with one attached hydrogen (secondary N) is 1. The van der Waals surface area contributed by atoms with Gasteiger partial charge in [-0.1, -0.05) is 24.3 Å². The number of carbonyl (C=O) groups is 1. The maximum atomic E-state index is 11.9. The van der Waals surface area contributed by atoms with E-state index < -0.39 is 6.10 Å². The van der Waals surface area contributed by atoms with Crippen LogP contribution in [0, 0.1) is 12.8 Å². The SMILES string of the molecule is Cc1ccccc1C(O)CNC(=O)CC1CCSCC1. The molecule has 0 aromatic heterocycles. The van der Waals surface area contributed by atoms with Crippen LogP contribution in [-0.2, 0) is 4.79 Å². The topological polar surface area (TPSA) is 49.3 Å². The zero-order valence-electron chi connectivity index (χ0n) is 12.0. The van der Waals surface area contributed by atoms with E-state index in [-0.39, 0.29) is 5.91 Å². The number of amides is 1. The summed E-state index contributed by atoms with van der Waals surface area (Å²) >= 11 is 1.97. The average molecular weight is 293 g/mol. The minimum Gasteiger partial charge on any atom is -0.387 e. The van der Waals surface area contributed by atoms with Crippen LogP contribution in [0.15, 0.2) is 24.3 Å². The molecule has 0 saturated carbocycles. The van der Waals surface area contributed by atoms with Crippen LogP contribution in [0.1, 0.15) is 36.5 Å². The number of aliphatic hydroxyl groups is 1. The summed E-state index contributed by atoms with van der Waals surface area (Å²) in [5.41, 5.74) is 1.94. The van der Waals surface area contributed by atoms with E-state index in [0.29, 0.717) is 18.9 Å². The minimum atomic E-state index is -0.623. The van der Waals surface area contributed by atoms with Gasteiger partial charge in [-0.15, -0.1) is 0 Å². The van der Waals surface area contributed by atoms with E-state index in [9.17, 15) is 9.90 Å². The number of hydrogen-bond donors (Lipinski definition) is 2. The first-order valence-corrected chi connectivity index (χ1v) is 8.40. The van der Waals surface area contributed by atoms with E-state index >= 15 is 0 Å². The maximum absolute atomic E-state index is 11.9. The predicted molar refractivity (Wildman–Crippen MR) is 83.8 cm³/mol. The Morgan fingerprint density at radius 2 is 2.10 bits per heavy atom. The van der Waals surface area contributed by atoms with Crippen molar-refractivity contribution >= 4 is 17.7 Å². The summed E-state index contributed by atoms with van der Waals surface area (Å²) in [5, 5.41) is 13.0. The third-order valence-corrected chi connectivity index (χ3v) is 4.90. The smallest absolute Gasteiger partial charge is 0.220 e. The van der Waals surface area contributed by atoms with Gasteiger partial charge in [-0.2, -0.15) is 11.8 Å². The van der Waals surface area contributed by atoms with Gasteiger partial charge in [0.05, 0.1) is 6.10 Å². The Labute approximate surface area is 125 Å². The normalized spacial score (nSPS) is 17.7. The molecule has 1 amide bonds. The van der Waals surface area contributed by atoms with Crippen molar-refractivity contribution in [2.75, 3.05) is 18.1 Å². The molecule has 1 aromatic carbocycles. The molecule has 0 aliphatic carbocycles. The Hall–Kier alpha value is -1.000. The van der Waals surface area contributed by atoms with Crippen LogP contribution in [0.4, 0.5) is 0 Å². The zero-order valence-corrected chi connectivity index (χ0v) is 12.8. The molecule has 4 heteroatoms. The van der Waals surface area contributed by atoms with Crippen molar-refractivity contribution in [1.29, 1.82) is 0 Å². The summed E-state index contributed by atoms with van der Waals surface area (Å²) in [7, 11) is 0. The highest BCUT2D eigenvalue weighted by Crippen LogP contribution is 2.25. The number of rotatable bonds is 5. The van der Waals surface area contributed by atoms with Crippen molar-refractivity contribution < 1.29 is 9.90 Å². The monoisotopic (exact) mass is 293 g/mol. The summed E-state index contributed by atoms with van der Waals surface area (Å²) in [6.07, 6.45) is 2.25. The van der Waals surface area contributed by atoms with Crippen molar-refractivity contribution in [1.82, 2.24) is 5.32 Å². The van der Waals surface area contributed by atoms with Crippen LogP contribution in [0.5, 0.6) is 0 Å². The van der Waals surface area contributed by atoms with Gasteiger partial charge in [-0.05, 0) is 48.3 Å². The quantitative estimate of drug-likeness (QED) is 0.877. The summed E-state index contributed by atoms with van der Waals surface area (Å²) in [6.45, 7) is 2.27. The standard InChI is InChI=1S/C16H23NO2S/c1-12-4-2-3-5-14(12)15(18)11-17-16(19)10-13-6-8-20-9-7-13/h2-5,13,15,18H,6-11H2,1H3,(H,17,19). The Morgan fingerprint density at radius 1 is 1.40 bits per heavy atom. The molecule has 20 heavy (non-hydrogen) atoms. The van der Waals surface area contributed by atoms with Crippen molar-refractivity contribution in [3.63, 3.8) is 0 Å². The summed E-state index contributed by atoms with van der Waals surface area (Å²) in [6, 6.07) is 7.74. The highest BCUT2D eigenvalue weighted by Gasteiger charge is 2.18. The fraction of sp³-hybridized carbons (Fsp3) is 0.562. The molecular formula is C16H23NO2S. The molecule has 2 rings (SSSR count). The van der Waals surface area contributed by atoms with Gasteiger partial charge >= 0.3 is 0 Å². The first kappa shape index (κ1) is 15.4. The second-order valence-electron chi connectivity index (χ2n) is 5.44. The van der Waals surface area contributed by atoms with Gasteiger partial charge in [0, 0.05) is 13.0 Å². The van der Waals surface area contributed by atoms with Crippen molar-refractivity contribution in [3.05, 3.63) is 35.4 Å². The second kappa shape index (κ2) is 7.70. The van der Waals surface area contributed by atoms with Crippen LogP contribution in [-0.4, -0.2) is 29.1 Å². The lowest BCUT2D eigenvalue weighted by molar-refractivity contribution is -0.122. The van der Waals surface area contributed by atoms with Gasteiger partial charge in [-0.3, -0.25) is 4.79 Å². The Bertz CT molecular complexity index is 444.